The Morgan fingerprint density at radius 2 is 1.73 bits per heavy atom. The van der Waals surface area contributed by atoms with Crippen LogP contribution in [0.15, 0.2) is 0 Å². The smallest absolute Gasteiger partial charge is 0.347 e. The molecule has 0 aromatic heterocycles. The Labute approximate surface area is 85.7 Å². The Morgan fingerprint density at radius 1 is 1.13 bits per heavy atom. The second kappa shape index (κ2) is 3.61. The second-order valence-electron chi connectivity index (χ2n) is 4.25. The number of alkyl halides is 3. The van der Waals surface area contributed by atoms with Crippen molar-refractivity contribution in [2.24, 2.45) is 11.7 Å². The predicted molar refractivity (Wildman–Crippen MR) is 46.0 cm³/mol. The van der Waals surface area contributed by atoms with Crippen molar-refractivity contribution >= 4 is 0 Å². The molecule has 0 unspecified atom stereocenters. The van der Waals surface area contributed by atoms with Gasteiger partial charge in [0, 0.05) is 18.9 Å². The zero-order valence-electron chi connectivity index (χ0n) is 8.22. The van der Waals surface area contributed by atoms with E-state index >= 15 is 0 Å². The summed E-state index contributed by atoms with van der Waals surface area (Å²) in [6, 6.07) is -0.497. The standard InChI is InChI=1S/C9H14F3NO2/c10-9(11,12)6-3-7(13)5-8(4-6)14-1-2-15-8/h6-7H,1-5,13H2/t6-,7-/m1/s1. The SMILES string of the molecule is N[C@@H]1C[C@@H](C(F)(F)F)CC2(C1)OCCO2. The number of nitrogens with two attached hydrogens (primary N) is 1. The minimum absolute atomic E-state index is 0.0298. The Bertz CT molecular complexity index is 238. The lowest BCUT2D eigenvalue weighted by Crippen LogP contribution is -2.49. The summed E-state index contributed by atoms with van der Waals surface area (Å²) in [6.45, 7) is 0.717. The fourth-order valence-electron chi connectivity index (χ4n) is 2.37. The molecule has 1 aliphatic carbocycles. The first kappa shape index (κ1) is 11.2. The number of ether oxygens (including phenoxy) is 2. The summed E-state index contributed by atoms with van der Waals surface area (Å²) in [5.74, 6) is -2.47. The van der Waals surface area contributed by atoms with Crippen LogP contribution in [0.3, 0.4) is 0 Å². The zero-order chi connectivity index (χ0) is 11.1. The van der Waals surface area contributed by atoms with Gasteiger partial charge in [-0.15, -0.1) is 0 Å². The molecule has 0 bridgehead atoms. The first-order chi connectivity index (χ1) is 6.91. The van der Waals surface area contributed by atoms with Gasteiger partial charge in [-0.05, 0) is 6.42 Å². The van der Waals surface area contributed by atoms with E-state index < -0.39 is 23.9 Å². The van der Waals surface area contributed by atoms with Gasteiger partial charge in [0.15, 0.2) is 5.79 Å². The molecule has 0 radical (unpaired) electrons. The maximum Gasteiger partial charge on any atom is 0.392 e. The summed E-state index contributed by atoms with van der Waals surface area (Å²) >= 11 is 0. The van der Waals surface area contributed by atoms with E-state index in [9.17, 15) is 13.2 Å². The van der Waals surface area contributed by atoms with E-state index in [2.05, 4.69) is 0 Å². The van der Waals surface area contributed by atoms with Gasteiger partial charge in [-0.2, -0.15) is 13.2 Å². The summed E-state index contributed by atoms with van der Waals surface area (Å²) in [7, 11) is 0. The number of hydrogen-bond donors (Lipinski definition) is 1. The van der Waals surface area contributed by atoms with Gasteiger partial charge in [0.1, 0.15) is 0 Å². The van der Waals surface area contributed by atoms with Gasteiger partial charge in [0.05, 0.1) is 19.1 Å². The average Bonchev–Trinajstić information content (AvgIpc) is 2.50. The van der Waals surface area contributed by atoms with Crippen molar-refractivity contribution in [1.82, 2.24) is 0 Å². The minimum atomic E-state index is -4.21. The van der Waals surface area contributed by atoms with Crippen LogP contribution in [-0.2, 0) is 9.47 Å². The van der Waals surface area contributed by atoms with Crippen LogP contribution in [0.5, 0.6) is 0 Å². The van der Waals surface area contributed by atoms with Crippen LogP contribution in [0.4, 0.5) is 13.2 Å². The molecular formula is C9H14F3NO2. The first-order valence-electron chi connectivity index (χ1n) is 5.01. The summed E-state index contributed by atoms with van der Waals surface area (Å²) < 4.78 is 48.3. The van der Waals surface area contributed by atoms with Crippen molar-refractivity contribution in [3.05, 3.63) is 0 Å². The predicted octanol–water partition coefficient (Wildman–Crippen LogP) is 1.42. The van der Waals surface area contributed by atoms with Crippen LogP contribution in [0.25, 0.3) is 0 Å². The lowest BCUT2D eigenvalue weighted by Gasteiger charge is -2.39. The van der Waals surface area contributed by atoms with Gasteiger partial charge in [0.25, 0.3) is 0 Å². The highest BCUT2D eigenvalue weighted by atomic mass is 19.4. The second-order valence-corrected chi connectivity index (χ2v) is 4.25. The lowest BCUT2D eigenvalue weighted by molar-refractivity contribution is -0.246. The molecule has 0 aromatic rings. The molecular weight excluding hydrogens is 211 g/mol. The summed E-state index contributed by atoms with van der Waals surface area (Å²) in [5, 5.41) is 0. The molecule has 6 heteroatoms. The van der Waals surface area contributed by atoms with Crippen molar-refractivity contribution < 1.29 is 22.6 Å². The molecule has 1 saturated heterocycles. The van der Waals surface area contributed by atoms with Crippen LogP contribution < -0.4 is 5.73 Å². The third-order valence-corrected chi connectivity index (χ3v) is 2.99. The van der Waals surface area contributed by atoms with E-state index in [0.29, 0.717) is 19.6 Å². The third kappa shape index (κ3) is 2.26. The van der Waals surface area contributed by atoms with Crippen LogP contribution in [-0.4, -0.2) is 31.2 Å². The highest BCUT2D eigenvalue weighted by Gasteiger charge is 2.52. The highest BCUT2D eigenvalue weighted by molar-refractivity contribution is 4.91. The maximum atomic E-state index is 12.6. The molecule has 2 aliphatic rings. The quantitative estimate of drug-likeness (QED) is 0.678. The van der Waals surface area contributed by atoms with Crippen LogP contribution in [0, 0.1) is 5.92 Å². The molecule has 2 atom stereocenters. The van der Waals surface area contributed by atoms with Gasteiger partial charge in [-0.1, -0.05) is 0 Å². The van der Waals surface area contributed by atoms with E-state index in [-0.39, 0.29) is 12.8 Å². The Morgan fingerprint density at radius 3 is 2.27 bits per heavy atom. The van der Waals surface area contributed by atoms with Crippen molar-refractivity contribution in [3.8, 4) is 0 Å². The van der Waals surface area contributed by atoms with Crippen molar-refractivity contribution in [2.45, 2.75) is 37.3 Å². The fraction of sp³-hybridized carbons (Fsp3) is 1.00. The molecule has 1 spiro atoms. The molecule has 0 aromatic carbocycles. The number of halogens is 3. The van der Waals surface area contributed by atoms with E-state index in [4.69, 9.17) is 15.2 Å². The van der Waals surface area contributed by atoms with Gasteiger partial charge in [-0.3, -0.25) is 0 Å². The van der Waals surface area contributed by atoms with E-state index in [1.807, 2.05) is 0 Å². The first-order valence-corrected chi connectivity index (χ1v) is 5.01. The summed E-state index contributed by atoms with van der Waals surface area (Å²) in [6.07, 6.45) is -4.00. The van der Waals surface area contributed by atoms with Gasteiger partial charge >= 0.3 is 6.18 Å². The maximum absolute atomic E-state index is 12.6. The van der Waals surface area contributed by atoms with E-state index in [1.165, 1.54) is 0 Å². The Hall–Kier alpha value is -0.330. The number of rotatable bonds is 0. The molecule has 1 aliphatic heterocycles. The van der Waals surface area contributed by atoms with Crippen molar-refractivity contribution in [3.63, 3.8) is 0 Å². The molecule has 2 fully saturated rings. The van der Waals surface area contributed by atoms with Crippen LogP contribution in [0.1, 0.15) is 19.3 Å². The lowest BCUT2D eigenvalue weighted by atomic mass is 9.81. The van der Waals surface area contributed by atoms with Gasteiger partial charge in [0.2, 0.25) is 0 Å². The van der Waals surface area contributed by atoms with Gasteiger partial charge < -0.3 is 15.2 Å². The third-order valence-electron chi connectivity index (χ3n) is 2.99. The molecule has 88 valence electrons. The minimum Gasteiger partial charge on any atom is -0.347 e. The van der Waals surface area contributed by atoms with E-state index in [1.54, 1.807) is 0 Å². The topological polar surface area (TPSA) is 44.5 Å². The molecule has 2 N–H and O–H groups in total. The summed E-state index contributed by atoms with van der Waals surface area (Å²) in [4.78, 5) is 0. The van der Waals surface area contributed by atoms with Gasteiger partial charge in [-0.25, -0.2) is 0 Å². The molecule has 0 amide bonds. The summed E-state index contributed by atoms with van der Waals surface area (Å²) in [5.41, 5.74) is 5.62. The van der Waals surface area contributed by atoms with Crippen molar-refractivity contribution in [1.29, 1.82) is 0 Å². The largest absolute Gasteiger partial charge is 0.392 e. The Kier molecular flexibility index (Phi) is 2.68. The average molecular weight is 225 g/mol. The zero-order valence-corrected chi connectivity index (χ0v) is 8.22. The molecule has 1 saturated carbocycles. The normalized spacial score (nSPS) is 36.0. The van der Waals surface area contributed by atoms with Crippen molar-refractivity contribution in [2.75, 3.05) is 13.2 Å². The fourth-order valence-corrected chi connectivity index (χ4v) is 2.37. The molecule has 2 rings (SSSR count). The highest BCUT2D eigenvalue weighted by Crippen LogP contribution is 2.44. The van der Waals surface area contributed by atoms with E-state index in [0.717, 1.165) is 0 Å². The van der Waals surface area contributed by atoms with Crippen LogP contribution >= 0.6 is 0 Å². The monoisotopic (exact) mass is 225 g/mol. The molecule has 15 heavy (non-hydrogen) atoms. The molecule has 1 heterocycles. The number of hydrogen-bond acceptors (Lipinski definition) is 3. The molecule has 3 nitrogen and oxygen atoms in total. The van der Waals surface area contributed by atoms with Crippen LogP contribution in [0.2, 0.25) is 0 Å². The Balaban J connectivity index is 2.10.